The van der Waals surface area contributed by atoms with Crippen LogP contribution in [0.1, 0.15) is 27.9 Å². The number of thioether (sulfide) groups is 1. The average molecular weight is 530 g/mol. The minimum absolute atomic E-state index is 0.311. The molecule has 194 valence electrons. The van der Waals surface area contributed by atoms with Gasteiger partial charge in [-0.25, -0.2) is 14.2 Å². The summed E-state index contributed by atoms with van der Waals surface area (Å²) < 4.78 is 15.5. The molecule has 1 aromatic heterocycles. The molecule has 0 aliphatic rings. The van der Waals surface area contributed by atoms with E-state index in [-0.39, 0.29) is 5.82 Å². The Morgan fingerprint density at radius 3 is 2.53 bits per heavy atom. The maximum absolute atomic E-state index is 13.6. The summed E-state index contributed by atoms with van der Waals surface area (Å²) in [7, 11) is 0. The number of hydrogen-bond acceptors (Lipinski definition) is 4. The molecule has 0 saturated carbocycles. The van der Waals surface area contributed by atoms with Crippen LogP contribution in [0.15, 0.2) is 91.5 Å². The SMILES string of the molecule is CSCC[C@H](NC(=O)c1ccc(/C=C(/Cn2ccnc2)c2ccc(F)cc2)cc1-c1ccccc1)C(=O)O. The second kappa shape index (κ2) is 12.9. The summed E-state index contributed by atoms with van der Waals surface area (Å²) in [6, 6.07) is 20.3. The van der Waals surface area contributed by atoms with Crippen molar-refractivity contribution in [2.75, 3.05) is 12.0 Å². The summed E-state index contributed by atoms with van der Waals surface area (Å²) in [5.41, 5.74) is 4.55. The maximum Gasteiger partial charge on any atom is 0.326 e. The lowest BCUT2D eigenvalue weighted by atomic mass is 9.94. The monoisotopic (exact) mass is 529 g/mol. The minimum atomic E-state index is -1.06. The van der Waals surface area contributed by atoms with E-state index in [1.807, 2.05) is 65.6 Å². The number of aromatic nitrogens is 2. The number of allylic oxidation sites excluding steroid dienone is 1. The van der Waals surface area contributed by atoms with Crippen LogP contribution in [0.5, 0.6) is 0 Å². The highest BCUT2D eigenvalue weighted by molar-refractivity contribution is 7.98. The number of benzene rings is 3. The van der Waals surface area contributed by atoms with E-state index in [1.165, 1.54) is 23.9 Å². The summed E-state index contributed by atoms with van der Waals surface area (Å²) in [4.78, 5) is 29.1. The zero-order valence-electron chi connectivity index (χ0n) is 20.9. The van der Waals surface area contributed by atoms with E-state index in [9.17, 15) is 19.1 Å². The lowest BCUT2D eigenvalue weighted by molar-refractivity contribution is -0.139. The molecule has 0 saturated heterocycles. The average Bonchev–Trinajstić information content (AvgIpc) is 3.44. The molecule has 1 atom stereocenters. The van der Waals surface area contributed by atoms with Crippen molar-refractivity contribution >= 4 is 35.3 Å². The number of carboxylic acid groups (broad SMARTS) is 1. The second-order valence-corrected chi connectivity index (χ2v) is 9.71. The number of rotatable bonds is 11. The number of amides is 1. The van der Waals surface area contributed by atoms with E-state index in [1.54, 1.807) is 30.7 Å². The number of carboxylic acids is 1. The number of nitrogens with zero attached hydrogens (tertiary/aromatic N) is 2. The Kier molecular flexibility index (Phi) is 9.11. The molecule has 0 unspecified atom stereocenters. The highest BCUT2D eigenvalue weighted by Crippen LogP contribution is 2.28. The summed E-state index contributed by atoms with van der Waals surface area (Å²) in [6.07, 6.45) is 9.51. The van der Waals surface area contributed by atoms with E-state index in [2.05, 4.69) is 10.3 Å². The van der Waals surface area contributed by atoms with Gasteiger partial charge in [0.2, 0.25) is 0 Å². The van der Waals surface area contributed by atoms with Crippen LogP contribution in [0.4, 0.5) is 4.39 Å². The van der Waals surface area contributed by atoms with E-state index in [0.717, 1.165) is 22.3 Å². The number of nitrogens with one attached hydrogen (secondary N) is 1. The van der Waals surface area contributed by atoms with Crippen molar-refractivity contribution in [3.8, 4) is 11.1 Å². The Morgan fingerprint density at radius 1 is 1.11 bits per heavy atom. The third-order valence-electron chi connectivity index (χ3n) is 6.06. The molecular formula is C30H28FN3O3S. The van der Waals surface area contributed by atoms with Crippen molar-refractivity contribution in [2.24, 2.45) is 0 Å². The molecule has 0 spiro atoms. The van der Waals surface area contributed by atoms with Gasteiger partial charge < -0.3 is 15.0 Å². The first-order chi connectivity index (χ1) is 18.4. The van der Waals surface area contributed by atoms with Gasteiger partial charge in [-0.2, -0.15) is 11.8 Å². The smallest absolute Gasteiger partial charge is 0.326 e. The topological polar surface area (TPSA) is 84.2 Å². The Balaban J connectivity index is 1.74. The molecule has 0 bridgehead atoms. The largest absolute Gasteiger partial charge is 0.480 e. The number of aliphatic carboxylic acids is 1. The number of carbonyl (C=O) groups is 2. The van der Waals surface area contributed by atoms with Crippen LogP contribution in [0, 0.1) is 5.82 Å². The highest BCUT2D eigenvalue weighted by Gasteiger charge is 2.22. The van der Waals surface area contributed by atoms with Crippen molar-refractivity contribution in [1.29, 1.82) is 0 Å². The van der Waals surface area contributed by atoms with Gasteiger partial charge in [-0.3, -0.25) is 4.79 Å². The third kappa shape index (κ3) is 6.98. The fourth-order valence-electron chi connectivity index (χ4n) is 4.10. The van der Waals surface area contributed by atoms with Gasteiger partial charge in [0.05, 0.1) is 6.33 Å². The van der Waals surface area contributed by atoms with Gasteiger partial charge in [-0.1, -0.05) is 48.5 Å². The van der Waals surface area contributed by atoms with Crippen LogP contribution in [-0.4, -0.2) is 44.6 Å². The van der Waals surface area contributed by atoms with Crippen LogP contribution in [0.3, 0.4) is 0 Å². The summed E-state index contributed by atoms with van der Waals surface area (Å²) in [5.74, 6) is -1.19. The van der Waals surface area contributed by atoms with E-state index < -0.39 is 17.9 Å². The Morgan fingerprint density at radius 2 is 1.87 bits per heavy atom. The van der Waals surface area contributed by atoms with Crippen molar-refractivity contribution < 1.29 is 19.1 Å². The maximum atomic E-state index is 13.6. The molecule has 0 fully saturated rings. The second-order valence-electron chi connectivity index (χ2n) is 8.73. The number of hydrogen-bond donors (Lipinski definition) is 2. The van der Waals surface area contributed by atoms with Gasteiger partial charge >= 0.3 is 5.97 Å². The lowest BCUT2D eigenvalue weighted by Crippen LogP contribution is -2.41. The fourth-order valence-corrected chi connectivity index (χ4v) is 4.57. The molecule has 0 radical (unpaired) electrons. The van der Waals surface area contributed by atoms with Crippen LogP contribution < -0.4 is 5.32 Å². The normalized spacial score (nSPS) is 12.2. The van der Waals surface area contributed by atoms with Crippen molar-refractivity contribution in [1.82, 2.24) is 14.9 Å². The number of imidazole rings is 1. The van der Waals surface area contributed by atoms with Gasteiger partial charge in [0.25, 0.3) is 5.91 Å². The standard InChI is InChI=1S/C30H28FN3O3S/c1-38-16-13-28(30(36)37)33-29(35)26-12-7-21(18-27(26)23-5-3-2-4-6-23)17-24(19-34-15-14-32-20-34)22-8-10-25(31)11-9-22/h2-12,14-15,17-18,20,28H,13,16,19H2,1H3,(H,33,35)(H,36,37)/b24-17-/t28-/m0/s1. The van der Waals surface area contributed by atoms with Crippen LogP contribution in [0.2, 0.25) is 0 Å². The van der Waals surface area contributed by atoms with Gasteiger partial charge in [0, 0.05) is 24.5 Å². The first kappa shape index (κ1) is 26.9. The molecule has 2 N–H and O–H groups in total. The molecule has 4 aromatic rings. The molecule has 1 amide bonds. The predicted molar refractivity (Wildman–Crippen MR) is 150 cm³/mol. The van der Waals surface area contributed by atoms with Gasteiger partial charge in [0.1, 0.15) is 11.9 Å². The van der Waals surface area contributed by atoms with Crippen molar-refractivity contribution in [3.63, 3.8) is 0 Å². The molecule has 6 nitrogen and oxygen atoms in total. The predicted octanol–water partition coefficient (Wildman–Crippen LogP) is 5.87. The Hall–Kier alpha value is -4.17. The molecule has 8 heteroatoms. The molecule has 0 aliphatic carbocycles. The number of halogens is 1. The molecule has 1 heterocycles. The molecule has 3 aromatic carbocycles. The van der Waals surface area contributed by atoms with E-state index in [4.69, 9.17) is 0 Å². The molecular weight excluding hydrogens is 501 g/mol. The van der Waals surface area contributed by atoms with Gasteiger partial charge in [-0.15, -0.1) is 0 Å². The summed E-state index contributed by atoms with van der Waals surface area (Å²) in [6.45, 7) is 0.518. The summed E-state index contributed by atoms with van der Waals surface area (Å²) in [5, 5.41) is 12.3. The fraction of sp³-hybridized carbons (Fsp3) is 0.167. The zero-order valence-corrected chi connectivity index (χ0v) is 21.7. The van der Waals surface area contributed by atoms with Gasteiger partial charge in [0.15, 0.2) is 0 Å². The number of carbonyl (C=O) groups excluding carboxylic acids is 1. The quantitative estimate of drug-likeness (QED) is 0.238. The van der Waals surface area contributed by atoms with Crippen LogP contribution in [-0.2, 0) is 11.3 Å². The van der Waals surface area contributed by atoms with Crippen molar-refractivity contribution in [2.45, 2.75) is 19.0 Å². The lowest BCUT2D eigenvalue weighted by Gasteiger charge is -2.17. The summed E-state index contributed by atoms with van der Waals surface area (Å²) >= 11 is 1.53. The third-order valence-corrected chi connectivity index (χ3v) is 6.70. The van der Waals surface area contributed by atoms with Crippen molar-refractivity contribution in [3.05, 3.63) is 114 Å². The minimum Gasteiger partial charge on any atom is -0.480 e. The molecule has 4 rings (SSSR count). The van der Waals surface area contributed by atoms with Gasteiger partial charge in [-0.05, 0) is 76.6 Å². The zero-order chi connectivity index (χ0) is 26.9. The molecule has 0 aliphatic heterocycles. The Labute approximate surface area is 225 Å². The van der Waals surface area contributed by atoms with Crippen LogP contribution >= 0.6 is 11.8 Å². The van der Waals surface area contributed by atoms with E-state index >= 15 is 0 Å². The van der Waals surface area contributed by atoms with Crippen LogP contribution in [0.25, 0.3) is 22.8 Å². The first-order valence-corrected chi connectivity index (χ1v) is 13.5. The first-order valence-electron chi connectivity index (χ1n) is 12.1. The van der Waals surface area contributed by atoms with E-state index in [0.29, 0.717) is 29.8 Å². The molecule has 38 heavy (non-hydrogen) atoms. The highest BCUT2D eigenvalue weighted by atomic mass is 32.2. The Bertz CT molecular complexity index is 1400.